The highest BCUT2D eigenvalue weighted by atomic mass is 35.5. The number of halogens is 1. The summed E-state index contributed by atoms with van der Waals surface area (Å²) in [5.41, 5.74) is 1.67. The molecule has 0 aliphatic rings. The zero-order valence-corrected chi connectivity index (χ0v) is 18.2. The van der Waals surface area contributed by atoms with Crippen molar-refractivity contribution >= 4 is 44.9 Å². The van der Waals surface area contributed by atoms with Crippen molar-refractivity contribution in [3.8, 4) is 0 Å². The first-order valence-electron chi connectivity index (χ1n) is 8.83. The number of ether oxygens (including phenoxy) is 1. The summed E-state index contributed by atoms with van der Waals surface area (Å²) < 4.78 is 30.8. The first-order chi connectivity index (χ1) is 13.6. The number of aryl methyl sites for hydroxylation is 1. The summed E-state index contributed by atoms with van der Waals surface area (Å²) in [6.45, 7) is 3.56. The van der Waals surface area contributed by atoms with Crippen LogP contribution in [-0.4, -0.2) is 39.7 Å². The molecule has 0 radical (unpaired) electrons. The number of sulfonamides is 1. The second-order valence-corrected chi connectivity index (χ2v) is 8.76. The summed E-state index contributed by atoms with van der Waals surface area (Å²) in [5, 5.41) is 2.85. The molecule has 0 aliphatic carbocycles. The van der Waals surface area contributed by atoms with E-state index in [1.54, 1.807) is 25.1 Å². The lowest BCUT2D eigenvalue weighted by atomic mass is 10.1. The molecule has 1 N–H and O–H groups in total. The summed E-state index contributed by atoms with van der Waals surface area (Å²) in [6, 6.07) is 10.3. The predicted molar refractivity (Wildman–Crippen MR) is 114 cm³/mol. The monoisotopic (exact) mass is 438 g/mol. The Balaban J connectivity index is 2.39. The van der Waals surface area contributed by atoms with Gasteiger partial charge in [0.15, 0.2) is 0 Å². The maximum absolute atomic E-state index is 13.0. The second-order valence-electron chi connectivity index (χ2n) is 6.50. The van der Waals surface area contributed by atoms with Crippen molar-refractivity contribution in [1.82, 2.24) is 0 Å². The highest BCUT2D eigenvalue weighted by Crippen LogP contribution is 2.25. The zero-order valence-electron chi connectivity index (χ0n) is 16.6. The van der Waals surface area contributed by atoms with Gasteiger partial charge in [-0.3, -0.25) is 9.10 Å². The van der Waals surface area contributed by atoms with Gasteiger partial charge < -0.3 is 10.1 Å². The molecule has 0 heterocycles. The van der Waals surface area contributed by atoms with Gasteiger partial charge >= 0.3 is 5.97 Å². The van der Waals surface area contributed by atoms with Crippen molar-refractivity contribution in [3.05, 3.63) is 58.6 Å². The van der Waals surface area contributed by atoms with Gasteiger partial charge in [-0.1, -0.05) is 30.7 Å². The number of carbonyl (C=O) groups excluding carboxylic acids is 2. The Kier molecular flexibility index (Phi) is 7.26. The first-order valence-corrected chi connectivity index (χ1v) is 11.1. The van der Waals surface area contributed by atoms with E-state index in [1.807, 2.05) is 13.0 Å². The molecular weight excluding hydrogens is 416 g/mol. The van der Waals surface area contributed by atoms with Gasteiger partial charge in [0.05, 0.1) is 29.6 Å². The van der Waals surface area contributed by atoms with E-state index >= 15 is 0 Å². The van der Waals surface area contributed by atoms with Crippen LogP contribution in [0.3, 0.4) is 0 Å². The Morgan fingerprint density at radius 3 is 2.45 bits per heavy atom. The van der Waals surface area contributed by atoms with Gasteiger partial charge in [0, 0.05) is 5.69 Å². The number of hydrogen-bond acceptors (Lipinski definition) is 5. The van der Waals surface area contributed by atoms with Gasteiger partial charge in [-0.05, 0) is 49.2 Å². The Labute approximate surface area is 175 Å². The summed E-state index contributed by atoms with van der Waals surface area (Å²) in [4.78, 5) is 24.8. The molecule has 0 fully saturated rings. The molecule has 0 aliphatic heterocycles. The molecule has 0 unspecified atom stereocenters. The molecule has 156 valence electrons. The molecular formula is C20H23ClN2O5S. The van der Waals surface area contributed by atoms with Crippen molar-refractivity contribution in [2.45, 2.75) is 26.3 Å². The number of hydrogen-bond donors (Lipinski definition) is 1. The average Bonchev–Trinajstić information content (AvgIpc) is 2.65. The highest BCUT2D eigenvalue weighted by Gasteiger charge is 2.31. The molecule has 0 saturated heterocycles. The minimum Gasteiger partial charge on any atom is -0.465 e. The Hall–Kier alpha value is -2.58. The van der Waals surface area contributed by atoms with Crippen LogP contribution in [-0.2, 0) is 19.6 Å². The standard InChI is InChI=1S/C20H23ClN2O5S/c1-5-18(23(29(4,26)27)15-8-6-7-13(2)11-15)19(24)22-14-9-10-17(21)16(12-14)20(25)28-3/h6-12,18H,5H2,1-4H3,(H,22,24)/t18-/m1/s1. The van der Waals surface area contributed by atoms with E-state index in [0.29, 0.717) is 11.4 Å². The number of nitrogens with one attached hydrogen (secondary N) is 1. The molecule has 1 amide bonds. The fourth-order valence-electron chi connectivity index (χ4n) is 2.92. The molecule has 7 nitrogen and oxygen atoms in total. The molecule has 0 saturated carbocycles. The van der Waals surface area contributed by atoms with Crippen molar-refractivity contribution in [3.63, 3.8) is 0 Å². The van der Waals surface area contributed by atoms with Gasteiger partial charge in [-0.15, -0.1) is 0 Å². The Bertz CT molecular complexity index is 1020. The van der Waals surface area contributed by atoms with Gasteiger partial charge in [0.2, 0.25) is 15.9 Å². The highest BCUT2D eigenvalue weighted by molar-refractivity contribution is 7.92. The van der Waals surface area contributed by atoms with Crippen molar-refractivity contribution < 1.29 is 22.7 Å². The molecule has 2 rings (SSSR count). The van der Waals surface area contributed by atoms with E-state index in [4.69, 9.17) is 11.6 Å². The van der Waals surface area contributed by atoms with Crippen molar-refractivity contribution in [1.29, 1.82) is 0 Å². The third-order valence-corrected chi connectivity index (χ3v) is 5.73. The molecule has 9 heteroatoms. The summed E-state index contributed by atoms with van der Waals surface area (Å²) in [6.07, 6.45) is 1.30. The van der Waals surface area contributed by atoms with Crippen LogP contribution in [0.1, 0.15) is 29.3 Å². The first kappa shape index (κ1) is 22.7. The van der Waals surface area contributed by atoms with E-state index in [0.717, 1.165) is 16.1 Å². The maximum Gasteiger partial charge on any atom is 0.339 e. The zero-order chi connectivity index (χ0) is 21.8. The van der Waals surface area contributed by atoms with E-state index in [-0.39, 0.29) is 17.0 Å². The van der Waals surface area contributed by atoms with Gasteiger partial charge in [-0.2, -0.15) is 0 Å². The lowest BCUT2D eigenvalue weighted by Crippen LogP contribution is -2.47. The fraction of sp³-hybridized carbons (Fsp3) is 0.300. The molecule has 0 aromatic heterocycles. The van der Waals surface area contributed by atoms with E-state index in [1.165, 1.54) is 25.3 Å². The van der Waals surface area contributed by atoms with Crippen LogP contribution in [0.5, 0.6) is 0 Å². The third kappa shape index (κ3) is 5.48. The number of benzene rings is 2. The normalized spacial score (nSPS) is 12.2. The molecule has 1 atom stereocenters. The molecule has 0 spiro atoms. The third-order valence-electron chi connectivity index (χ3n) is 4.23. The largest absolute Gasteiger partial charge is 0.465 e. The molecule has 2 aromatic carbocycles. The van der Waals surface area contributed by atoms with E-state index in [9.17, 15) is 18.0 Å². The smallest absolute Gasteiger partial charge is 0.339 e. The molecule has 0 bridgehead atoms. The minimum atomic E-state index is -3.74. The lowest BCUT2D eigenvalue weighted by Gasteiger charge is -2.30. The number of esters is 1. The van der Waals surface area contributed by atoms with Crippen LogP contribution < -0.4 is 9.62 Å². The number of carbonyl (C=O) groups is 2. The van der Waals surface area contributed by atoms with Crippen LogP contribution in [0.15, 0.2) is 42.5 Å². The molecule has 29 heavy (non-hydrogen) atoms. The molecule has 2 aromatic rings. The Morgan fingerprint density at radius 2 is 1.90 bits per heavy atom. The minimum absolute atomic E-state index is 0.0960. The van der Waals surface area contributed by atoms with Crippen LogP contribution in [0.2, 0.25) is 5.02 Å². The summed E-state index contributed by atoms with van der Waals surface area (Å²) in [7, 11) is -2.51. The van der Waals surface area contributed by atoms with Gasteiger partial charge in [0.25, 0.3) is 0 Å². The average molecular weight is 439 g/mol. The predicted octanol–water partition coefficient (Wildman–Crippen LogP) is 3.62. The number of nitrogens with zero attached hydrogens (tertiary/aromatic N) is 1. The SMILES string of the molecule is CC[C@H](C(=O)Nc1ccc(Cl)c(C(=O)OC)c1)N(c1cccc(C)c1)S(C)(=O)=O. The number of rotatable bonds is 7. The van der Waals surface area contributed by atoms with E-state index < -0.39 is 27.9 Å². The topological polar surface area (TPSA) is 92.8 Å². The van der Waals surface area contributed by atoms with Crippen LogP contribution >= 0.6 is 11.6 Å². The number of anilines is 2. The van der Waals surface area contributed by atoms with E-state index in [2.05, 4.69) is 10.1 Å². The van der Waals surface area contributed by atoms with Gasteiger partial charge in [0.1, 0.15) is 6.04 Å². The van der Waals surface area contributed by atoms with Crippen LogP contribution in [0.25, 0.3) is 0 Å². The van der Waals surface area contributed by atoms with Crippen molar-refractivity contribution in [2.24, 2.45) is 0 Å². The number of amides is 1. The summed E-state index contributed by atoms with van der Waals surface area (Å²) in [5.74, 6) is -1.17. The fourth-order valence-corrected chi connectivity index (χ4v) is 4.32. The van der Waals surface area contributed by atoms with Crippen LogP contribution in [0, 0.1) is 6.92 Å². The van der Waals surface area contributed by atoms with Crippen LogP contribution in [0.4, 0.5) is 11.4 Å². The maximum atomic E-state index is 13.0. The lowest BCUT2D eigenvalue weighted by molar-refractivity contribution is -0.117. The second kappa shape index (κ2) is 9.28. The van der Waals surface area contributed by atoms with Crippen molar-refractivity contribution in [2.75, 3.05) is 23.0 Å². The van der Waals surface area contributed by atoms with Gasteiger partial charge in [-0.25, -0.2) is 13.2 Å². The Morgan fingerprint density at radius 1 is 1.21 bits per heavy atom. The number of methoxy groups -OCH3 is 1. The quantitative estimate of drug-likeness (QED) is 0.666. The summed E-state index contributed by atoms with van der Waals surface area (Å²) >= 11 is 6.00.